The number of rotatable bonds is 2. The molecule has 4 amide bonds. The SMILES string of the molecule is CN1C(=O)C2(Cl)CC3C(=CCC4C(=O)N(c5ccc(I)cc5)C(=O)C43)C(c3ccc(O)c(F)c3)C2(Cl)C1=O. The van der Waals surface area contributed by atoms with Gasteiger partial charge in [0.15, 0.2) is 21.3 Å². The van der Waals surface area contributed by atoms with Crippen molar-refractivity contribution in [1.29, 1.82) is 0 Å². The van der Waals surface area contributed by atoms with Crippen LogP contribution in [0, 0.1) is 27.1 Å². The summed E-state index contributed by atoms with van der Waals surface area (Å²) in [7, 11) is 1.29. The van der Waals surface area contributed by atoms with Gasteiger partial charge in [-0.15, -0.1) is 23.2 Å². The van der Waals surface area contributed by atoms with Crippen molar-refractivity contribution in [2.24, 2.45) is 17.8 Å². The zero-order chi connectivity index (χ0) is 27.3. The van der Waals surface area contributed by atoms with Crippen LogP contribution in [0.5, 0.6) is 5.75 Å². The largest absolute Gasteiger partial charge is 0.505 e. The van der Waals surface area contributed by atoms with E-state index in [-0.39, 0.29) is 24.3 Å². The maximum atomic E-state index is 14.6. The number of alkyl halides is 2. The molecule has 2 aromatic rings. The van der Waals surface area contributed by atoms with E-state index in [0.29, 0.717) is 11.3 Å². The third-order valence-electron chi connectivity index (χ3n) is 8.40. The number of likely N-dealkylation sites (tertiary alicyclic amines) is 1. The van der Waals surface area contributed by atoms with E-state index in [2.05, 4.69) is 22.6 Å². The van der Waals surface area contributed by atoms with Crippen molar-refractivity contribution in [3.63, 3.8) is 0 Å². The van der Waals surface area contributed by atoms with E-state index in [1.54, 1.807) is 30.3 Å². The zero-order valence-electron chi connectivity index (χ0n) is 19.8. The molecule has 196 valence electrons. The molecule has 2 heterocycles. The third kappa shape index (κ3) is 3.18. The van der Waals surface area contributed by atoms with Gasteiger partial charge in [-0.05, 0) is 83.3 Å². The van der Waals surface area contributed by atoms with Crippen LogP contribution in [0.4, 0.5) is 10.1 Å². The first-order valence-corrected chi connectivity index (χ1v) is 13.8. The molecule has 0 spiro atoms. The summed E-state index contributed by atoms with van der Waals surface area (Å²) in [4.78, 5) is 52.3. The van der Waals surface area contributed by atoms with Gasteiger partial charge < -0.3 is 5.11 Å². The van der Waals surface area contributed by atoms with Crippen molar-refractivity contribution in [1.82, 2.24) is 4.90 Å². The van der Waals surface area contributed by atoms with Crippen LogP contribution in [-0.2, 0) is 19.2 Å². The van der Waals surface area contributed by atoms with E-state index in [9.17, 15) is 28.7 Å². The highest BCUT2D eigenvalue weighted by Crippen LogP contribution is 2.65. The smallest absolute Gasteiger partial charge is 0.253 e. The van der Waals surface area contributed by atoms with Gasteiger partial charge in [-0.25, -0.2) is 4.39 Å². The number of allylic oxidation sites excluding steroid dienone is 2. The molecular weight excluding hydrogens is 649 g/mol. The summed E-state index contributed by atoms with van der Waals surface area (Å²) in [6.45, 7) is 0. The summed E-state index contributed by atoms with van der Waals surface area (Å²) in [6, 6.07) is 10.6. The number of imide groups is 2. The van der Waals surface area contributed by atoms with E-state index in [4.69, 9.17) is 23.2 Å². The van der Waals surface area contributed by atoms with Crippen LogP contribution in [0.2, 0.25) is 0 Å². The Kier molecular flexibility index (Phi) is 5.76. The standard InChI is InChI=1S/C27H20Cl2FIN2O5/c1-32-24(37)26(28)11-17-15(21(27(26,29)25(32)38)12-2-9-19(34)18(30)10-12)7-8-16-20(17)23(36)33(22(16)35)14-5-3-13(31)4-6-14/h2-7,9-10,16-17,20-21,34H,8,11H2,1H3. The number of fused-ring (bicyclic) bond motifs is 4. The first kappa shape index (κ1) is 25.8. The Morgan fingerprint density at radius 1 is 1.00 bits per heavy atom. The first-order valence-electron chi connectivity index (χ1n) is 11.9. The number of phenolic OH excluding ortho intramolecular Hbond substituents is 1. The second-order valence-corrected chi connectivity index (χ2v) is 12.7. The minimum Gasteiger partial charge on any atom is -0.505 e. The first-order chi connectivity index (χ1) is 17.9. The van der Waals surface area contributed by atoms with E-state index in [0.717, 1.165) is 20.6 Å². The lowest BCUT2D eigenvalue weighted by Gasteiger charge is -2.50. The third-order valence-corrected chi connectivity index (χ3v) is 10.5. The molecule has 0 aromatic heterocycles. The monoisotopic (exact) mass is 668 g/mol. The van der Waals surface area contributed by atoms with Gasteiger partial charge in [0.25, 0.3) is 11.8 Å². The van der Waals surface area contributed by atoms with Gasteiger partial charge in [-0.2, -0.15) is 0 Å². The molecule has 1 N–H and O–H groups in total. The number of hydrogen-bond donors (Lipinski definition) is 1. The van der Waals surface area contributed by atoms with Crippen molar-refractivity contribution in [2.45, 2.75) is 28.5 Å². The average molecular weight is 669 g/mol. The second-order valence-electron chi connectivity index (χ2n) is 10.2. The van der Waals surface area contributed by atoms with Crippen molar-refractivity contribution in [3.05, 3.63) is 69.1 Å². The quantitative estimate of drug-likeness (QED) is 0.223. The van der Waals surface area contributed by atoms with Crippen LogP contribution in [0.1, 0.15) is 24.3 Å². The van der Waals surface area contributed by atoms with E-state index in [1.807, 2.05) is 0 Å². The van der Waals surface area contributed by atoms with Gasteiger partial charge in [0.2, 0.25) is 11.8 Å². The van der Waals surface area contributed by atoms with Gasteiger partial charge in [0.05, 0.1) is 17.5 Å². The van der Waals surface area contributed by atoms with E-state index >= 15 is 0 Å². The number of carbonyl (C=O) groups excluding carboxylic acids is 4. The lowest BCUT2D eigenvalue weighted by molar-refractivity contribution is -0.138. The molecule has 2 aromatic carbocycles. The highest BCUT2D eigenvalue weighted by molar-refractivity contribution is 14.1. The van der Waals surface area contributed by atoms with Gasteiger partial charge in [0.1, 0.15) is 0 Å². The summed E-state index contributed by atoms with van der Waals surface area (Å²) in [5.74, 6) is -7.01. The summed E-state index contributed by atoms with van der Waals surface area (Å²) in [5.41, 5.74) is 1.24. The van der Waals surface area contributed by atoms with E-state index in [1.165, 1.54) is 18.0 Å². The summed E-state index contributed by atoms with van der Waals surface area (Å²) in [5, 5.41) is 9.79. The molecule has 6 atom stereocenters. The number of benzene rings is 2. The number of halogens is 4. The Balaban J connectivity index is 1.52. The van der Waals surface area contributed by atoms with Gasteiger partial charge in [-0.1, -0.05) is 17.7 Å². The molecule has 7 nitrogen and oxygen atoms in total. The van der Waals surface area contributed by atoms with Crippen LogP contribution in [-0.4, -0.2) is 50.4 Å². The van der Waals surface area contributed by atoms with Crippen molar-refractivity contribution < 1.29 is 28.7 Å². The topological polar surface area (TPSA) is 95.0 Å². The Hall–Kier alpha value is -2.50. The van der Waals surface area contributed by atoms with Gasteiger partial charge >= 0.3 is 0 Å². The summed E-state index contributed by atoms with van der Waals surface area (Å²) in [6.07, 6.45) is 1.84. The fourth-order valence-electron chi connectivity index (χ4n) is 6.67. The maximum Gasteiger partial charge on any atom is 0.253 e. The lowest BCUT2D eigenvalue weighted by atomic mass is 9.56. The number of amides is 4. The minimum atomic E-state index is -2.00. The maximum absolute atomic E-state index is 14.6. The molecule has 0 bridgehead atoms. The number of aromatic hydroxyl groups is 1. The molecule has 4 aliphatic rings. The number of nitrogens with zero attached hydrogens (tertiary/aromatic N) is 2. The molecule has 2 aliphatic heterocycles. The molecule has 2 saturated heterocycles. The zero-order valence-corrected chi connectivity index (χ0v) is 23.5. The number of phenols is 1. The molecule has 3 fully saturated rings. The molecule has 38 heavy (non-hydrogen) atoms. The van der Waals surface area contributed by atoms with Crippen molar-refractivity contribution >= 4 is 75.1 Å². The molecule has 1 saturated carbocycles. The number of anilines is 1. The Morgan fingerprint density at radius 3 is 2.34 bits per heavy atom. The predicted molar refractivity (Wildman–Crippen MR) is 145 cm³/mol. The Labute approximate surface area is 240 Å². The fourth-order valence-corrected chi connectivity index (χ4v) is 8.04. The second kappa shape index (κ2) is 8.50. The van der Waals surface area contributed by atoms with E-state index < -0.39 is 62.7 Å². The van der Waals surface area contributed by atoms with Crippen LogP contribution in [0.25, 0.3) is 0 Å². The minimum absolute atomic E-state index is 0.142. The number of carbonyl (C=O) groups is 4. The molecule has 6 unspecified atom stereocenters. The Bertz CT molecular complexity index is 1480. The summed E-state index contributed by atoms with van der Waals surface area (Å²) >= 11 is 16.2. The van der Waals surface area contributed by atoms with Crippen LogP contribution in [0.15, 0.2) is 54.1 Å². The molecule has 6 rings (SSSR count). The van der Waals surface area contributed by atoms with Crippen LogP contribution < -0.4 is 4.90 Å². The highest BCUT2D eigenvalue weighted by Gasteiger charge is 2.75. The van der Waals surface area contributed by atoms with Crippen LogP contribution in [0.3, 0.4) is 0 Å². The molecule has 0 radical (unpaired) electrons. The summed E-state index contributed by atoms with van der Waals surface area (Å²) < 4.78 is 15.5. The average Bonchev–Trinajstić information content (AvgIpc) is 3.21. The van der Waals surface area contributed by atoms with Gasteiger partial charge in [0, 0.05) is 16.5 Å². The normalized spacial score (nSPS) is 34.3. The lowest BCUT2D eigenvalue weighted by Crippen LogP contribution is -2.60. The fraction of sp³-hybridized carbons (Fsp3) is 0.333. The molecule has 2 aliphatic carbocycles. The number of hydrogen-bond acceptors (Lipinski definition) is 5. The van der Waals surface area contributed by atoms with Crippen LogP contribution >= 0.6 is 45.8 Å². The predicted octanol–water partition coefficient (Wildman–Crippen LogP) is 4.33. The molecule has 11 heteroatoms. The van der Waals surface area contributed by atoms with Crippen molar-refractivity contribution in [2.75, 3.05) is 11.9 Å². The highest BCUT2D eigenvalue weighted by atomic mass is 127. The van der Waals surface area contributed by atoms with Crippen molar-refractivity contribution in [3.8, 4) is 5.75 Å². The molecular formula is C27H20Cl2FIN2O5. The van der Waals surface area contributed by atoms with Gasteiger partial charge in [-0.3, -0.25) is 29.0 Å². The Morgan fingerprint density at radius 2 is 1.68 bits per heavy atom.